The van der Waals surface area contributed by atoms with Gasteiger partial charge in [-0.2, -0.15) is 0 Å². The van der Waals surface area contributed by atoms with Gasteiger partial charge in [0.2, 0.25) is 11.8 Å². The summed E-state index contributed by atoms with van der Waals surface area (Å²) >= 11 is 2.01. The van der Waals surface area contributed by atoms with Crippen molar-refractivity contribution in [3.05, 3.63) is 50.2 Å². The van der Waals surface area contributed by atoms with Crippen molar-refractivity contribution in [1.29, 1.82) is 0 Å². The van der Waals surface area contributed by atoms with Crippen molar-refractivity contribution in [2.24, 2.45) is 5.92 Å². The van der Waals surface area contributed by atoms with Crippen molar-refractivity contribution in [2.75, 3.05) is 6.54 Å². The zero-order valence-electron chi connectivity index (χ0n) is 13.0. The fraction of sp³-hybridized carbons (Fsp3) is 0.250. The number of H-pyrrole nitrogens is 1. The average Bonchev–Trinajstić information content (AvgIpc) is 3.06. The van der Waals surface area contributed by atoms with Gasteiger partial charge in [-0.15, -0.1) is 0 Å². The minimum Gasteiger partial charge on any atom is -0.480 e. The number of aliphatic carboxylic acids is 1. The smallest absolute Gasteiger partial charge is 0.323 e. The summed E-state index contributed by atoms with van der Waals surface area (Å²) in [5.74, 6) is -4.35. The van der Waals surface area contributed by atoms with Crippen LogP contribution in [0, 0.1) is 11.7 Å². The second-order valence-electron chi connectivity index (χ2n) is 5.96. The zero-order chi connectivity index (χ0) is 18.6. The summed E-state index contributed by atoms with van der Waals surface area (Å²) in [4.78, 5) is 52.0. The summed E-state index contributed by atoms with van der Waals surface area (Å²) in [5, 5.41) is 8.66. The Morgan fingerprint density at radius 1 is 1.19 bits per heavy atom. The maximum Gasteiger partial charge on any atom is 0.323 e. The Balaban J connectivity index is 1.85. The van der Waals surface area contributed by atoms with Gasteiger partial charge in [0.25, 0.3) is 0 Å². The van der Waals surface area contributed by atoms with Crippen molar-refractivity contribution < 1.29 is 23.9 Å². The van der Waals surface area contributed by atoms with Crippen molar-refractivity contribution in [3.63, 3.8) is 0 Å². The topological polar surface area (TPSA) is 108 Å². The molecule has 0 bridgehead atoms. The van der Waals surface area contributed by atoms with Gasteiger partial charge < -0.3 is 10.1 Å². The molecule has 2 amide bonds. The molecule has 0 radical (unpaired) electrons. The highest BCUT2D eigenvalue weighted by molar-refractivity contribution is 8.00. The third-order valence-electron chi connectivity index (χ3n) is 4.44. The number of fused-ring (bicyclic) bond motifs is 2. The van der Waals surface area contributed by atoms with E-state index < -0.39 is 47.2 Å². The number of amides is 2. The SMILES string of the molecule is O=C(O)CN1C(=O)C2Sc3[nH]c(=O)sc3[C@@H](c3ccc(F)cc3)C2C1=O. The molecule has 1 aromatic heterocycles. The normalized spacial score (nSPS) is 24.5. The highest BCUT2D eigenvalue weighted by Gasteiger charge is 2.56. The molecule has 0 spiro atoms. The summed E-state index contributed by atoms with van der Waals surface area (Å²) in [5.41, 5.74) is 0.594. The lowest BCUT2D eigenvalue weighted by Crippen LogP contribution is -2.36. The van der Waals surface area contributed by atoms with Gasteiger partial charge in [-0.1, -0.05) is 35.2 Å². The van der Waals surface area contributed by atoms with Gasteiger partial charge in [-0.25, -0.2) is 4.39 Å². The molecule has 2 unspecified atom stereocenters. The van der Waals surface area contributed by atoms with Crippen LogP contribution < -0.4 is 4.87 Å². The lowest BCUT2D eigenvalue weighted by molar-refractivity contribution is -0.149. The molecule has 1 aromatic carbocycles. The van der Waals surface area contributed by atoms with Crippen LogP contribution in [0.25, 0.3) is 0 Å². The molecule has 4 rings (SSSR count). The summed E-state index contributed by atoms with van der Waals surface area (Å²) in [7, 11) is 0. The molecule has 3 heterocycles. The van der Waals surface area contributed by atoms with E-state index in [1.807, 2.05) is 0 Å². The van der Waals surface area contributed by atoms with Crippen molar-refractivity contribution in [3.8, 4) is 0 Å². The van der Waals surface area contributed by atoms with E-state index in [2.05, 4.69) is 4.98 Å². The van der Waals surface area contributed by atoms with Crippen LogP contribution in [0.3, 0.4) is 0 Å². The average molecular weight is 394 g/mol. The van der Waals surface area contributed by atoms with E-state index in [9.17, 15) is 23.6 Å². The van der Waals surface area contributed by atoms with Gasteiger partial charge in [0, 0.05) is 10.8 Å². The molecule has 2 N–H and O–H groups in total. The van der Waals surface area contributed by atoms with E-state index in [0.29, 0.717) is 15.5 Å². The Hall–Kier alpha value is -2.46. The van der Waals surface area contributed by atoms with Crippen LogP contribution in [-0.4, -0.2) is 44.6 Å². The molecule has 134 valence electrons. The number of nitrogens with one attached hydrogen (secondary N) is 1. The van der Waals surface area contributed by atoms with Gasteiger partial charge in [0.05, 0.1) is 10.9 Å². The predicted molar refractivity (Wildman–Crippen MR) is 90.7 cm³/mol. The third kappa shape index (κ3) is 2.56. The minimum atomic E-state index is -1.28. The second-order valence-corrected chi connectivity index (χ2v) is 8.12. The van der Waals surface area contributed by atoms with Crippen molar-refractivity contribution in [2.45, 2.75) is 16.2 Å². The Kier molecular flexibility index (Phi) is 3.96. The van der Waals surface area contributed by atoms with E-state index in [-0.39, 0.29) is 4.87 Å². The standard InChI is InChI=1S/C16H11FN2O5S2/c17-7-3-1-6(2-4-7)9-10-12(25-13-11(9)26-16(24)18-13)15(23)19(14(10)22)5-8(20)21/h1-4,9-10,12H,5H2,(H,18,24)(H,20,21)/t9-,10?,12?/m0/s1. The van der Waals surface area contributed by atoms with Gasteiger partial charge in [0.1, 0.15) is 17.6 Å². The van der Waals surface area contributed by atoms with Crippen molar-refractivity contribution >= 4 is 40.9 Å². The molecule has 1 fully saturated rings. The molecule has 1 saturated heterocycles. The van der Waals surface area contributed by atoms with Crippen LogP contribution in [0.4, 0.5) is 4.39 Å². The molecular weight excluding hydrogens is 383 g/mol. The van der Waals surface area contributed by atoms with Crippen LogP contribution in [0.2, 0.25) is 0 Å². The molecule has 7 nitrogen and oxygen atoms in total. The number of rotatable bonds is 3. The van der Waals surface area contributed by atoms with E-state index in [4.69, 9.17) is 5.11 Å². The summed E-state index contributed by atoms with van der Waals surface area (Å²) < 4.78 is 13.3. The molecule has 0 aliphatic carbocycles. The number of likely N-dealkylation sites (tertiary alicyclic amines) is 1. The third-order valence-corrected chi connectivity index (χ3v) is 6.84. The molecule has 26 heavy (non-hydrogen) atoms. The first-order valence-electron chi connectivity index (χ1n) is 7.59. The first kappa shape index (κ1) is 17.0. The number of carbonyl (C=O) groups excluding carboxylic acids is 2. The Morgan fingerprint density at radius 3 is 2.54 bits per heavy atom. The van der Waals surface area contributed by atoms with E-state index in [1.54, 1.807) is 0 Å². The van der Waals surface area contributed by atoms with Crippen molar-refractivity contribution in [1.82, 2.24) is 9.88 Å². The monoisotopic (exact) mass is 394 g/mol. The Bertz CT molecular complexity index is 983. The number of carboxylic acid groups (broad SMARTS) is 1. The molecular formula is C16H11FN2O5S2. The first-order chi connectivity index (χ1) is 12.4. The van der Waals surface area contributed by atoms with Gasteiger partial charge in [-0.3, -0.25) is 24.1 Å². The predicted octanol–water partition coefficient (Wildman–Crippen LogP) is 1.25. The van der Waals surface area contributed by atoms with Gasteiger partial charge >= 0.3 is 10.8 Å². The van der Waals surface area contributed by atoms with Crippen LogP contribution in [0.5, 0.6) is 0 Å². The first-order valence-corrected chi connectivity index (χ1v) is 9.28. The zero-order valence-corrected chi connectivity index (χ0v) is 14.6. The highest BCUT2D eigenvalue weighted by Crippen LogP contribution is 2.52. The van der Waals surface area contributed by atoms with Gasteiger partial charge in [-0.05, 0) is 17.7 Å². The fourth-order valence-electron chi connectivity index (χ4n) is 3.39. The number of thiazole rings is 1. The summed E-state index contributed by atoms with van der Waals surface area (Å²) in [6, 6.07) is 5.52. The fourth-order valence-corrected chi connectivity index (χ4v) is 5.93. The molecule has 3 atom stereocenters. The van der Waals surface area contributed by atoms with Gasteiger partial charge in [0.15, 0.2) is 0 Å². The Labute approximate surface area is 153 Å². The molecule has 10 heteroatoms. The van der Waals surface area contributed by atoms with E-state index in [1.165, 1.54) is 24.3 Å². The quantitative estimate of drug-likeness (QED) is 0.759. The largest absolute Gasteiger partial charge is 0.480 e. The number of nitrogens with zero attached hydrogens (tertiary/aromatic N) is 1. The van der Waals surface area contributed by atoms with Crippen LogP contribution >= 0.6 is 23.1 Å². The summed E-state index contributed by atoms with van der Waals surface area (Å²) in [6.07, 6.45) is 0. The number of halogens is 1. The second kappa shape index (κ2) is 6.06. The van der Waals surface area contributed by atoms with Crippen LogP contribution in [-0.2, 0) is 14.4 Å². The summed E-state index contributed by atoms with van der Waals surface area (Å²) in [6.45, 7) is -0.703. The minimum absolute atomic E-state index is 0.308. The number of carboxylic acids is 1. The lowest BCUT2D eigenvalue weighted by Gasteiger charge is -2.29. The number of hydrogen-bond acceptors (Lipinski definition) is 6. The number of hydrogen-bond donors (Lipinski definition) is 2. The van der Waals surface area contributed by atoms with E-state index >= 15 is 0 Å². The maximum atomic E-state index is 13.3. The number of thioether (sulfide) groups is 1. The lowest BCUT2D eigenvalue weighted by atomic mass is 9.83. The Morgan fingerprint density at radius 2 is 1.88 bits per heavy atom. The van der Waals surface area contributed by atoms with Crippen LogP contribution in [0.1, 0.15) is 16.4 Å². The number of benzene rings is 1. The molecule has 2 aromatic rings. The molecule has 2 aliphatic heterocycles. The number of aromatic amines is 1. The number of aromatic nitrogens is 1. The highest BCUT2D eigenvalue weighted by atomic mass is 32.2. The molecule has 0 saturated carbocycles. The van der Waals surface area contributed by atoms with E-state index in [0.717, 1.165) is 28.0 Å². The molecule has 2 aliphatic rings. The number of carbonyl (C=O) groups is 3. The number of imide groups is 1. The van der Waals surface area contributed by atoms with Crippen LogP contribution in [0.15, 0.2) is 34.1 Å². The maximum absolute atomic E-state index is 13.3.